The summed E-state index contributed by atoms with van der Waals surface area (Å²) in [7, 11) is 1.58. The van der Waals surface area contributed by atoms with Crippen molar-refractivity contribution in [2.45, 2.75) is 39.0 Å². The van der Waals surface area contributed by atoms with Crippen molar-refractivity contribution >= 4 is 17.5 Å². The summed E-state index contributed by atoms with van der Waals surface area (Å²) in [5, 5.41) is 8.49. The highest BCUT2D eigenvalue weighted by atomic mass is 16.2. The van der Waals surface area contributed by atoms with E-state index in [2.05, 4.69) is 22.9 Å². The van der Waals surface area contributed by atoms with Crippen molar-refractivity contribution in [2.24, 2.45) is 0 Å². The number of benzene rings is 1. The molecule has 122 valence electrons. The Hall–Kier alpha value is -1.88. The SMILES string of the molecule is CCCCCCCNCC(=O)Nc1cccc(C(=O)NC)c1. The van der Waals surface area contributed by atoms with Crippen molar-refractivity contribution in [3.05, 3.63) is 29.8 Å². The minimum absolute atomic E-state index is 0.0948. The number of carbonyl (C=O) groups is 2. The molecule has 2 amide bonds. The van der Waals surface area contributed by atoms with E-state index in [1.165, 1.54) is 25.7 Å². The van der Waals surface area contributed by atoms with Gasteiger partial charge < -0.3 is 16.0 Å². The lowest BCUT2D eigenvalue weighted by Gasteiger charge is -2.08. The molecule has 0 unspecified atom stereocenters. The van der Waals surface area contributed by atoms with Crippen LogP contribution in [0.15, 0.2) is 24.3 Å². The second-order valence-electron chi connectivity index (χ2n) is 5.30. The van der Waals surface area contributed by atoms with Gasteiger partial charge in [-0.3, -0.25) is 9.59 Å². The molecule has 22 heavy (non-hydrogen) atoms. The van der Waals surface area contributed by atoms with Gasteiger partial charge in [-0.15, -0.1) is 0 Å². The van der Waals surface area contributed by atoms with Gasteiger partial charge in [0, 0.05) is 18.3 Å². The molecule has 0 atom stereocenters. The molecule has 0 spiro atoms. The molecular formula is C17H27N3O2. The van der Waals surface area contributed by atoms with E-state index in [0.717, 1.165) is 13.0 Å². The summed E-state index contributed by atoms with van der Waals surface area (Å²) in [6.07, 6.45) is 6.08. The third kappa shape index (κ3) is 7.22. The lowest BCUT2D eigenvalue weighted by Crippen LogP contribution is -2.28. The number of amides is 2. The zero-order chi connectivity index (χ0) is 16.2. The van der Waals surface area contributed by atoms with E-state index in [0.29, 0.717) is 11.3 Å². The Bertz CT molecular complexity index is 475. The van der Waals surface area contributed by atoms with E-state index in [-0.39, 0.29) is 18.4 Å². The molecule has 0 fully saturated rings. The molecule has 0 aliphatic carbocycles. The molecule has 0 bridgehead atoms. The van der Waals surface area contributed by atoms with E-state index >= 15 is 0 Å². The molecule has 0 aliphatic rings. The largest absolute Gasteiger partial charge is 0.355 e. The van der Waals surface area contributed by atoms with Gasteiger partial charge in [0.05, 0.1) is 6.54 Å². The summed E-state index contributed by atoms with van der Waals surface area (Å²) in [5.74, 6) is -0.260. The molecule has 0 saturated carbocycles. The van der Waals surface area contributed by atoms with E-state index in [9.17, 15) is 9.59 Å². The van der Waals surface area contributed by atoms with E-state index < -0.39 is 0 Å². The Morgan fingerprint density at radius 2 is 1.86 bits per heavy atom. The summed E-state index contributed by atoms with van der Waals surface area (Å²) in [6.45, 7) is 3.34. The van der Waals surface area contributed by atoms with Crippen molar-refractivity contribution in [3.63, 3.8) is 0 Å². The summed E-state index contributed by atoms with van der Waals surface area (Å²) >= 11 is 0. The molecule has 5 nitrogen and oxygen atoms in total. The quantitative estimate of drug-likeness (QED) is 0.582. The van der Waals surface area contributed by atoms with Crippen LogP contribution in [0.4, 0.5) is 5.69 Å². The van der Waals surface area contributed by atoms with Gasteiger partial charge in [0.2, 0.25) is 5.91 Å². The smallest absolute Gasteiger partial charge is 0.251 e. The van der Waals surface area contributed by atoms with Gasteiger partial charge in [0.25, 0.3) is 5.91 Å². The summed E-state index contributed by atoms with van der Waals surface area (Å²) < 4.78 is 0. The highest BCUT2D eigenvalue weighted by Crippen LogP contribution is 2.10. The number of hydrogen-bond acceptors (Lipinski definition) is 3. The Morgan fingerprint density at radius 1 is 1.09 bits per heavy atom. The third-order valence-electron chi connectivity index (χ3n) is 3.38. The fourth-order valence-corrected chi connectivity index (χ4v) is 2.14. The van der Waals surface area contributed by atoms with Crippen LogP contribution in [0.3, 0.4) is 0 Å². The molecule has 0 saturated heterocycles. The number of nitrogens with one attached hydrogen (secondary N) is 3. The first kappa shape index (κ1) is 18.2. The molecule has 1 aromatic carbocycles. The van der Waals surface area contributed by atoms with Gasteiger partial charge in [-0.1, -0.05) is 38.7 Å². The highest BCUT2D eigenvalue weighted by molar-refractivity contribution is 5.97. The van der Waals surface area contributed by atoms with Gasteiger partial charge in [0.1, 0.15) is 0 Å². The number of hydrogen-bond donors (Lipinski definition) is 3. The van der Waals surface area contributed by atoms with Crippen LogP contribution in [0.2, 0.25) is 0 Å². The lowest BCUT2D eigenvalue weighted by atomic mass is 10.1. The zero-order valence-corrected chi connectivity index (χ0v) is 13.6. The first-order chi connectivity index (χ1) is 10.7. The van der Waals surface area contributed by atoms with Crippen LogP contribution in [0.25, 0.3) is 0 Å². The molecule has 0 radical (unpaired) electrons. The molecule has 0 aromatic heterocycles. The molecule has 1 rings (SSSR count). The van der Waals surface area contributed by atoms with E-state index in [1.54, 1.807) is 31.3 Å². The maximum atomic E-state index is 11.8. The van der Waals surface area contributed by atoms with Gasteiger partial charge >= 0.3 is 0 Å². The zero-order valence-electron chi connectivity index (χ0n) is 13.6. The fourth-order valence-electron chi connectivity index (χ4n) is 2.14. The predicted octanol–water partition coefficient (Wildman–Crippen LogP) is 2.54. The highest BCUT2D eigenvalue weighted by Gasteiger charge is 2.06. The topological polar surface area (TPSA) is 70.2 Å². The second-order valence-corrected chi connectivity index (χ2v) is 5.30. The number of anilines is 1. The molecule has 3 N–H and O–H groups in total. The van der Waals surface area contributed by atoms with Crippen molar-refractivity contribution < 1.29 is 9.59 Å². The predicted molar refractivity (Wildman–Crippen MR) is 90.1 cm³/mol. The van der Waals surface area contributed by atoms with Gasteiger partial charge in [-0.25, -0.2) is 0 Å². The fraction of sp³-hybridized carbons (Fsp3) is 0.529. The van der Waals surface area contributed by atoms with Crippen molar-refractivity contribution in [2.75, 3.05) is 25.5 Å². The Labute approximate surface area is 132 Å². The van der Waals surface area contributed by atoms with Gasteiger partial charge in [-0.05, 0) is 31.2 Å². The van der Waals surface area contributed by atoms with Crippen LogP contribution in [-0.4, -0.2) is 32.0 Å². The summed E-state index contributed by atoms with van der Waals surface area (Å²) in [4.78, 5) is 23.4. The minimum atomic E-state index is -0.165. The summed E-state index contributed by atoms with van der Waals surface area (Å²) in [5.41, 5.74) is 1.17. The Morgan fingerprint density at radius 3 is 2.59 bits per heavy atom. The van der Waals surface area contributed by atoms with Crippen molar-refractivity contribution in [1.29, 1.82) is 0 Å². The molecule has 1 aromatic rings. The average Bonchev–Trinajstić information content (AvgIpc) is 2.53. The van der Waals surface area contributed by atoms with E-state index in [1.807, 2.05) is 0 Å². The van der Waals surface area contributed by atoms with Gasteiger partial charge in [0.15, 0.2) is 0 Å². The van der Waals surface area contributed by atoms with E-state index in [4.69, 9.17) is 0 Å². The standard InChI is InChI=1S/C17H27N3O2/c1-3-4-5-6-7-11-19-13-16(21)20-15-10-8-9-14(12-15)17(22)18-2/h8-10,12,19H,3-7,11,13H2,1-2H3,(H,18,22)(H,20,21). The maximum absolute atomic E-state index is 11.8. The third-order valence-corrected chi connectivity index (χ3v) is 3.38. The van der Waals surface area contributed by atoms with Crippen LogP contribution in [-0.2, 0) is 4.79 Å². The lowest BCUT2D eigenvalue weighted by molar-refractivity contribution is -0.115. The van der Waals surface area contributed by atoms with Crippen LogP contribution in [0, 0.1) is 0 Å². The van der Waals surface area contributed by atoms with Gasteiger partial charge in [-0.2, -0.15) is 0 Å². The number of rotatable bonds is 10. The van der Waals surface area contributed by atoms with Crippen molar-refractivity contribution in [3.8, 4) is 0 Å². The molecule has 0 aliphatic heterocycles. The average molecular weight is 305 g/mol. The maximum Gasteiger partial charge on any atom is 0.251 e. The van der Waals surface area contributed by atoms with Crippen LogP contribution < -0.4 is 16.0 Å². The number of unbranched alkanes of at least 4 members (excludes halogenated alkanes) is 4. The first-order valence-corrected chi connectivity index (χ1v) is 8.00. The number of carbonyl (C=O) groups excluding carboxylic acids is 2. The Balaban J connectivity index is 2.26. The molecular weight excluding hydrogens is 278 g/mol. The molecule has 0 heterocycles. The van der Waals surface area contributed by atoms with Crippen LogP contribution >= 0.6 is 0 Å². The second kappa shape index (κ2) is 10.8. The van der Waals surface area contributed by atoms with Crippen molar-refractivity contribution in [1.82, 2.24) is 10.6 Å². The summed E-state index contributed by atoms with van der Waals surface area (Å²) in [6, 6.07) is 6.90. The monoisotopic (exact) mass is 305 g/mol. The minimum Gasteiger partial charge on any atom is -0.355 e. The Kier molecular flexibility index (Phi) is 8.91. The first-order valence-electron chi connectivity index (χ1n) is 8.00. The van der Waals surface area contributed by atoms with Crippen LogP contribution in [0.5, 0.6) is 0 Å². The normalized spacial score (nSPS) is 10.3. The molecule has 5 heteroatoms. The van der Waals surface area contributed by atoms with Crippen LogP contribution in [0.1, 0.15) is 49.4 Å².